The van der Waals surface area contributed by atoms with Gasteiger partial charge < -0.3 is 14.5 Å². The van der Waals surface area contributed by atoms with Crippen LogP contribution < -0.4 is 10.1 Å². The van der Waals surface area contributed by atoms with Gasteiger partial charge in [0.05, 0.1) is 11.4 Å². The summed E-state index contributed by atoms with van der Waals surface area (Å²) in [5.74, 6) is 0.444. The largest absolute Gasteiger partial charge is 0.487 e. The molecule has 152 valence electrons. The van der Waals surface area contributed by atoms with Crippen molar-refractivity contribution in [1.29, 1.82) is 0 Å². The van der Waals surface area contributed by atoms with Crippen LogP contribution in [0.4, 0.5) is 5.69 Å². The molecule has 1 N–H and O–H groups in total. The van der Waals surface area contributed by atoms with Crippen LogP contribution in [0.25, 0.3) is 11.3 Å². The van der Waals surface area contributed by atoms with Crippen LogP contribution in [0.1, 0.15) is 16.1 Å². The molecule has 0 unspecified atom stereocenters. The zero-order valence-electron chi connectivity index (χ0n) is 16.4. The molecule has 0 aliphatic carbocycles. The van der Waals surface area contributed by atoms with Crippen molar-refractivity contribution in [3.8, 4) is 11.4 Å². The first-order valence-corrected chi connectivity index (χ1v) is 9.66. The molecule has 0 spiro atoms. The molecule has 5 rings (SSSR count). The van der Waals surface area contributed by atoms with Crippen LogP contribution in [0.3, 0.4) is 0 Å². The van der Waals surface area contributed by atoms with Crippen molar-refractivity contribution < 1.29 is 9.53 Å². The molecule has 0 aliphatic rings. The number of carbonyl (C=O) groups is 1. The van der Waals surface area contributed by atoms with Crippen molar-refractivity contribution in [3.05, 3.63) is 103 Å². The molecule has 0 radical (unpaired) electrons. The normalized spacial score (nSPS) is 10.8. The summed E-state index contributed by atoms with van der Waals surface area (Å²) in [6.07, 6.45) is 6.95. The van der Waals surface area contributed by atoms with E-state index in [0.29, 0.717) is 23.6 Å². The third kappa shape index (κ3) is 4.13. The standard InChI is InChI=1S/C23H18N6O2/c30-23(17-7-9-20(10-8-17)29-16-24-15-25-29)27-18-4-3-5-21(12-18)31-14-19-13-28-11-2-1-6-22(28)26-19/h1-13,15-16H,14H2,(H,27,30). The minimum Gasteiger partial charge on any atom is -0.487 e. The smallest absolute Gasteiger partial charge is 0.255 e. The van der Waals surface area contributed by atoms with Gasteiger partial charge >= 0.3 is 0 Å². The molecular weight excluding hydrogens is 392 g/mol. The fourth-order valence-electron chi connectivity index (χ4n) is 3.19. The lowest BCUT2D eigenvalue weighted by molar-refractivity contribution is 0.102. The highest BCUT2D eigenvalue weighted by Gasteiger charge is 2.08. The maximum absolute atomic E-state index is 12.6. The topological polar surface area (TPSA) is 86.3 Å². The summed E-state index contributed by atoms with van der Waals surface area (Å²) < 4.78 is 9.44. The van der Waals surface area contributed by atoms with Gasteiger partial charge in [0.25, 0.3) is 5.91 Å². The zero-order chi connectivity index (χ0) is 21.0. The fraction of sp³-hybridized carbons (Fsp3) is 0.0435. The molecule has 0 saturated heterocycles. The number of amides is 1. The summed E-state index contributed by atoms with van der Waals surface area (Å²) in [6, 6.07) is 20.3. The number of pyridine rings is 1. The van der Waals surface area contributed by atoms with Gasteiger partial charge in [0.15, 0.2) is 0 Å². The second-order valence-electron chi connectivity index (χ2n) is 6.86. The highest BCUT2D eigenvalue weighted by atomic mass is 16.5. The SMILES string of the molecule is O=C(Nc1cccc(OCc2cn3ccccc3n2)c1)c1ccc(-n2cncn2)cc1. The van der Waals surface area contributed by atoms with E-state index in [0.717, 1.165) is 17.0 Å². The quantitative estimate of drug-likeness (QED) is 0.461. The van der Waals surface area contributed by atoms with Crippen molar-refractivity contribution in [2.45, 2.75) is 6.61 Å². The molecule has 0 bridgehead atoms. The van der Waals surface area contributed by atoms with Gasteiger partial charge in [-0.25, -0.2) is 14.6 Å². The lowest BCUT2D eigenvalue weighted by Crippen LogP contribution is -2.12. The van der Waals surface area contributed by atoms with E-state index >= 15 is 0 Å². The molecule has 0 fully saturated rings. The van der Waals surface area contributed by atoms with Crippen molar-refractivity contribution in [2.24, 2.45) is 0 Å². The van der Waals surface area contributed by atoms with E-state index in [-0.39, 0.29) is 5.91 Å². The molecule has 0 saturated carbocycles. The Morgan fingerprint density at radius 2 is 1.94 bits per heavy atom. The number of benzene rings is 2. The number of hydrogen-bond acceptors (Lipinski definition) is 5. The number of carbonyl (C=O) groups excluding carboxylic acids is 1. The first kappa shape index (κ1) is 18.6. The van der Waals surface area contributed by atoms with Gasteiger partial charge in [-0.2, -0.15) is 5.10 Å². The molecule has 2 aromatic carbocycles. The van der Waals surface area contributed by atoms with E-state index in [1.807, 2.05) is 65.3 Å². The van der Waals surface area contributed by atoms with Gasteiger partial charge in [0.2, 0.25) is 0 Å². The Hall–Kier alpha value is -4.46. The third-order valence-corrected chi connectivity index (χ3v) is 4.71. The highest BCUT2D eigenvalue weighted by molar-refractivity contribution is 6.04. The highest BCUT2D eigenvalue weighted by Crippen LogP contribution is 2.20. The number of hydrogen-bond donors (Lipinski definition) is 1. The minimum absolute atomic E-state index is 0.206. The molecular formula is C23H18N6O2. The van der Waals surface area contributed by atoms with Crippen molar-refractivity contribution in [1.82, 2.24) is 24.1 Å². The monoisotopic (exact) mass is 410 g/mol. The Bertz CT molecular complexity index is 1290. The summed E-state index contributed by atoms with van der Waals surface area (Å²) in [5.41, 5.74) is 3.72. The van der Waals surface area contributed by atoms with Crippen LogP contribution >= 0.6 is 0 Å². The predicted molar refractivity (Wildman–Crippen MR) is 115 cm³/mol. The first-order valence-electron chi connectivity index (χ1n) is 9.66. The Kier molecular flexibility index (Phi) is 4.86. The number of aromatic nitrogens is 5. The predicted octanol–water partition coefficient (Wildman–Crippen LogP) is 3.75. The zero-order valence-corrected chi connectivity index (χ0v) is 16.4. The average Bonchev–Trinajstić information content (AvgIpc) is 3.48. The van der Waals surface area contributed by atoms with Gasteiger partial charge in [-0.15, -0.1) is 0 Å². The molecule has 5 aromatic rings. The minimum atomic E-state index is -0.206. The van der Waals surface area contributed by atoms with E-state index < -0.39 is 0 Å². The van der Waals surface area contributed by atoms with Crippen LogP contribution in [0.2, 0.25) is 0 Å². The molecule has 31 heavy (non-hydrogen) atoms. The van der Waals surface area contributed by atoms with Gasteiger partial charge in [-0.3, -0.25) is 4.79 Å². The van der Waals surface area contributed by atoms with Crippen LogP contribution in [0.5, 0.6) is 5.75 Å². The maximum atomic E-state index is 12.6. The van der Waals surface area contributed by atoms with Gasteiger partial charge in [0.1, 0.15) is 30.7 Å². The fourth-order valence-corrected chi connectivity index (χ4v) is 3.19. The van der Waals surface area contributed by atoms with Crippen LogP contribution in [0, 0.1) is 0 Å². The Labute approximate surface area is 177 Å². The Balaban J connectivity index is 1.24. The molecule has 8 nitrogen and oxygen atoms in total. The van der Waals surface area contributed by atoms with E-state index in [1.54, 1.807) is 29.2 Å². The maximum Gasteiger partial charge on any atom is 0.255 e. The molecule has 8 heteroatoms. The average molecular weight is 410 g/mol. The lowest BCUT2D eigenvalue weighted by atomic mass is 10.2. The molecule has 1 amide bonds. The summed E-state index contributed by atoms with van der Waals surface area (Å²) in [7, 11) is 0. The van der Waals surface area contributed by atoms with E-state index in [1.165, 1.54) is 6.33 Å². The number of rotatable bonds is 6. The number of nitrogens with one attached hydrogen (secondary N) is 1. The first-order chi connectivity index (χ1) is 15.2. The summed E-state index contributed by atoms with van der Waals surface area (Å²) >= 11 is 0. The van der Waals surface area contributed by atoms with Gasteiger partial charge in [-0.1, -0.05) is 12.1 Å². The molecule has 3 aromatic heterocycles. The van der Waals surface area contributed by atoms with Crippen LogP contribution in [-0.2, 0) is 6.61 Å². The third-order valence-electron chi connectivity index (χ3n) is 4.71. The number of fused-ring (bicyclic) bond motifs is 1. The number of nitrogens with zero attached hydrogens (tertiary/aromatic N) is 5. The van der Waals surface area contributed by atoms with Crippen molar-refractivity contribution in [2.75, 3.05) is 5.32 Å². The van der Waals surface area contributed by atoms with Crippen LogP contribution in [0.15, 0.2) is 91.8 Å². The van der Waals surface area contributed by atoms with Crippen LogP contribution in [-0.4, -0.2) is 30.1 Å². The Morgan fingerprint density at radius 1 is 1.03 bits per heavy atom. The van der Waals surface area contributed by atoms with E-state index in [9.17, 15) is 4.79 Å². The number of ether oxygens (including phenoxy) is 1. The van der Waals surface area contributed by atoms with E-state index in [2.05, 4.69) is 20.4 Å². The number of imidazole rings is 1. The molecule has 0 aliphatic heterocycles. The molecule has 3 heterocycles. The second-order valence-corrected chi connectivity index (χ2v) is 6.86. The van der Waals surface area contributed by atoms with Gasteiger partial charge in [0, 0.05) is 29.7 Å². The number of anilines is 1. The summed E-state index contributed by atoms with van der Waals surface area (Å²) in [4.78, 5) is 21.0. The summed E-state index contributed by atoms with van der Waals surface area (Å²) in [5, 5.41) is 6.97. The van der Waals surface area contributed by atoms with Crippen molar-refractivity contribution in [3.63, 3.8) is 0 Å². The molecule has 0 atom stereocenters. The van der Waals surface area contributed by atoms with E-state index in [4.69, 9.17) is 4.74 Å². The Morgan fingerprint density at radius 3 is 2.74 bits per heavy atom. The lowest BCUT2D eigenvalue weighted by Gasteiger charge is -2.09. The van der Waals surface area contributed by atoms with Gasteiger partial charge in [-0.05, 0) is 48.5 Å². The summed E-state index contributed by atoms with van der Waals surface area (Å²) in [6.45, 7) is 0.336. The van der Waals surface area contributed by atoms with Crippen molar-refractivity contribution >= 4 is 17.2 Å². The second kappa shape index (κ2) is 8.11.